The number of ether oxygens (including phenoxy) is 2. The molecule has 2 rings (SSSR count). The molecule has 0 fully saturated rings. The molecular weight excluding hydrogens is 288 g/mol. The molecule has 2 aromatic rings. The van der Waals surface area contributed by atoms with Gasteiger partial charge in [-0.3, -0.25) is 0 Å². The van der Waals surface area contributed by atoms with Gasteiger partial charge in [0.05, 0.1) is 6.61 Å². The van der Waals surface area contributed by atoms with Crippen molar-refractivity contribution in [2.45, 2.75) is 33.3 Å². The van der Waals surface area contributed by atoms with Gasteiger partial charge in [-0.1, -0.05) is 37.6 Å². The van der Waals surface area contributed by atoms with Gasteiger partial charge < -0.3 is 9.47 Å². The van der Waals surface area contributed by atoms with Gasteiger partial charge in [0.25, 0.3) is 0 Å². The fourth-order valence-corrected chi connectivity index (χ4v) is 2.03. The van der Waals surface area contributed by atoms with Gasteiger partial charge in [0, 0.05) is 6.07 Å². The molecule has 0 atom stereocenters. The van der Waals surface area contributed by atoms with E-state index in [1.165, 1.54) is 5.56 Å². The molecule has 0 radical (unpaired) electrons. The van der Waals surface area contributed by atoms with Crippen LogP contribution in [0.1, 0.15) is 38.1 Å². The Morgan fingerprint density at radius 3 is 2.67 bits per heavy atom. The number of halogens is 1. The standard InChI is InChI=1S/C16H19ClN2O2/c1-4-20-16-9-14(17)18-15(19-16)10-21-13-7-5-6-12(8-13)11(2)3/h5-9,11H,4,10H2,1-3H3. The van der Waals surface area contributed by atoms with Crippen molar-refractivity contribution in [3.05, 3.63) is 46.9 Å². The van der Waals surface area contributed by atoms with Crippen LogP contribution in [0.4, 0.5) is 0 Å². The summed E-state index contributed by atoms with van der Waals surface area (Å²) in [6, 6.07) is 9.60. The molecule has 0 aliphatic heterocycles. The average Bonchev–Trinajstić information content (AvgIpc) is 2.45. The molecule has 1 aromatic carbocycles. The largest absolute Gasteiger partial charge is 0.486 e. The summed E-state index contributed by atoms with van der Waals surface area (Å²) < 4.78 is 11.1. The summed E-state index contributed by atoms with van der Waals surface area (Å²) >= 11 is 5.95. The molecule has 0 aliphatic carbocycles. The van der Waals surface area contributed by atoms with Gasteiger partial charge >= 0.3 is 0 Å². The maximum atomic E-state index is 5.95. The lowest BCUT2D eigenvalue weighted by molar-refractivity contribution is 0.286. The first-order chi connectivity index (χ1) is 10.1. The third-order valence-corrected chi connectivity index (χ3v) is 3.10. The van der Waals surface area contributed by atoms with Crippen molar-refractivity contribution in [1.82, 2.24) is 9.97 Å². The Morgan fingerprint density at radius 2 is 1.95 bits per heavy atom. The topological polar surface area (TPSA) is 44.2 Å². The van der Waals surface area contributed by atoms with Crippen LogP contribution in [-0.2, 0) is 6.61 Å². The van der Waals surface area contributed by atoms with Crippen LogP contribution in [-0.4, -0.2) is 16.6 Å². The molecule has 0 amide bonds. The van der Waals surface area contributed by atoms with E-state index < -0.39 is 0 Å². The number of nitrogens with zero attached hydrogens (tertiary/aromatic N) is 2. The second-order valence-electron chi connectivity index (χ2n) is 4.89. The van der Waals surface area contributed by atoms with Crippen molar-refractivity contribution < 1.29 is 9.47 Å². The summed E-state index contributed by atoms with van der Waals surface area (Å²) in [4.78, 5) is 8.39. The molecule has 0 saturated heterocycles. The molecule has 1 aromatic heterocycles. The molecule has 4 nitrogen and oxygen atoms in total. The predicted octanol–water partition coefficient (Wildman–Crippen LogP) is 4.23. The van der Waals surface area contributed by atoms with E-state index in [1.54, 1.807) is 6.07 Å². The number of aromatic nitrogens is 2. The van der Waals surface area contributed by atoms with Crippen LogP contribution in [0.25, 0.3) is 0 Å². The summed E-state index contributed by atoms with van der Waals surface area (Å²) in [6.45, 7) is 6.97. The monoisotopic (exact) mass is 306 g/mol. The Hall–Kier alpha value is -1.81. The van der Waals surface area contributed by atoms with Crippen LogP contribution >= 0.6 is 11.6 Å². The molecule has 0 aliphatic rings. The van der Waals surface area contributed by atoms with Crippen molar-refractivity contribution in [2.24, 2.45) is 0 Å². The van der Waals surface area contributed by atoms with Crippen molar-refractivity contribution >= 4 is 11.6 Å². The molecule has 0 unspecified atom stereocenters. The van der Waals surface area contributed by atoms with Gasteiger partial charge in [0.2, 0.25) is 5.88 Å². The van der Waals surface area contributed by atoms with Gasteiger partial charge in [0.15, 0.2) is 5.82 Å². The SMILES string of the molecule is CCOc1cc(Cl)nc(COc2cccc(C(C)C)c2)n1. The minimum Gasteiger partial charge on any atom is -0.486 e. The quantitative estimate of drug-likeness (QED) is 0.749. The number of hydrogen-bond acceptors (Lipinski definition) is 4. The van der Waals surface area contributed by atoms with Crippen LogP contribution < -0.4 is 9.47 Å². The van der Waals surface area contributed by atoms with Gasteiger partial charge in [0.1, 0.15) is 17.5 Å². The van der Waals surface area contributed by atoms with Crippen LogP contribution in [0.15, 0.2) is 30.3 Å². The van der Waals surface area contributed by atoms with Gasteiger partial charge in [-0.05, 0) is 30.5 Å². The van der Waals surface area contributed by atoms with Crippen LogP contribution in [0.3, 0.4) is 0 Å². The van der Waals surface area contributed by atoms with Gasteiger partial charge in [-0.25, -0.2) is 4.98 Å². The lowest BCUT2D eigenvalue weighted by atomic mass is 10.0. The van der Waals surface area contributed by atoms with E-state index in [4.69, 9.17) is 21.1 Å². The lowest BCUT2D eigenvalue weighted by Gasteiger charge is -2.10. The normalized spacial score (nSPS) is 10.7. The van der Waals surface area contributed by atoms with E-state index in [9.17, 15) is 0 Å². The third-order valence-electron chi connectivity index (χ3n) is 2.90. The zero-order valence-corrected chi connectivity index (χ0v) is 13.2. The zero-order chi connectivity index (χ0) is 15.2. The first-order valence-corrected chi connectivity index (χ1v) is 7.35. The Kier molecular flexibility index (Phi) is 5.39. The molecule has 0 spiro atoms. The molecule has 5 heteroatoms. The van der Waals surface area contributed by atoms with Crippen molar-refractivity contribution in [3.8, 4) is 11.6 Å². The molecule has 112 valence electrons. The summed E-state index contributed by atoms with van der Waals surface area (Å²) in [5.41, 5.74) is 1.23. The smallest absolute Gasteiger partial charge is 0.218 e. The Morgan fingerprint density at radius 1 is 1.14 bits per heavy atom. The highest BCUT2D eigenvalue weighted by Gasteiger charge is 2.06. The van der Waals surface area contributed by atoms with Crippen molar-refractivity contribution in [2.75, 3.05) is 6.61 Å². The Bertz CT molecular complexity index is 603. The van der Waals surface area contributed by atoms with Crippen molar-refractivity contribution in [3.63, 3.8) is 0 Å². The zero-order valence-electron chi connectivity index (χ0n) is 12.5. The van der Waals surface area contributed by atoms with Gasteiger partial charge in [-0.15, -0.1) is 0 Å². The highest BCUT2D eigenvalue weighted by atomic mass is 35.5. The van der Waals surface area contributed by atoms with E-state index in [2.05, 4.69) is 29.9 Å². The number of benzene rings is 1. The molecule has 0 bridgehead atoms. The third kappa shape index (κ3) is 4.60. The van der Waals surface area contributed by atoms with Crippen LogP contribution in [0, 0.1) is 0 Å². The van der Waals surface area contributed by atoms with E-state index in [-0.39, 0.29) is 6.61 Å². The Balaban J connectivity index is 2.07. The second kappa shape index (κ2) is 7.27. The highest BCUT2D eigenvalue weighted by Crippen LogP contribution is 2.21. The van der Waals surface area contributed by atoms with Crippen LogP contribution in [0.2, 0.25) is 5.15 Å². The number of hydrogen-bond donors (Lipinski definition) is 0. The Labute approximate surface area is 130 Å². The maximum absolute atomic E-state index is 5.95. The van der Waals surface area contributed by atoms with E-state index in [0.717, 1.165) is 5.75 Å². The minimum atomic E-state index is 0.252. The maximum Gasteiger partial charge on any atom is 0.218 e. The fourth-order valence-electron chi connectivity index (χ4n) is 1.84. The fraction of sp³-hybridized carbons (Fsp3) is 0.375. The first-order valence-electron chi connectivity index (χ1n) is 6.97. The van der Waals surface area contributed by atoms with E-state index >= 15 is 0 Å². The lowest BCUT2D eigenvalue weighted by Crippen LogP contribution is -2.04. The minimum absolute atomic E-state index is 0.252. The van der Waals surface area contributed by atoms with Gasteiger partial charge in [-0.2, -0.15) is 4.98 Å². The highest BCUT2D eigenvalue weighted by molar-refractivity contribution is 6.29. The molecule has 0 N–H and O–H groups in total. The molecule has 21 heavy (non-hydrogen) atoms. The molecule has 0 saturated carbocycles. The summed E-state index contributed by atoms with van der Waals surface area (Å²) in [7, 11) is 0. The van der Waals surface area contributed by atoms with E-state index in [1.807, 2.05) is 25.1 Å². The van der Waals surface area contributed by atoms with E-state index in [0.29, 0.717) is 29.4 Å². The van der Waals surface area contributed by atoms with Crippen molar-refractivity contribution in [1.29, 1.82) is 0 Å². The summed E-state index contributed by atoms with van der Waals surface area (Å²) in [6.07, 6.45) is 0. The van der Waals surface area contributed by atoms with Crippen LogP contribution in [0.5, 0.6) is 11.6 Å². The summed E-state index contributed by atoms with van der Waals surface area (Å²) in [5, 5.41) is 0.350. The first kappa shape index (κ1) is 15.6. The summed E-state index contributed by atoms with van der Waals surface area (Å²) in [5.74, 6) is 2.22. The predicted molar refractivity (Wildman–Crippen MR) is 83.1 cm³/mol. The molecule has 1 heterocycles. The average molecular weight is 307 g/mol. The second-order valence-corrected chi connectivity index (χ2v) is 5.28. The molecular formula is C16H19ClN2O2. The number of rotatable bonds is 6.